The van der Waals surface area contributed by atoms with Crippen molar-refractivity contribution >= 4 is 23.3 Å². The van der Waals surface area contributed by atoms with Crippen molar-refractivity contribution in [3.8, 4) is 0 Å². The van der Waals surface area contributed by atoms with Crippen LogP contribution in [0.25, 0.3) is 0 Å². The Balaban J connectivity index is 1.47. The maximum absolute atomic E-state index is 12.4. The molecule has 3 rings (SSSR count). The van der Waals surface area contributed by atoms with Crippen LogP contribution in [-0.4, -0.2) is 17.6 Å². The lowest BCUT2D eigenvalue weighted by Gasteiger charge is -2.12. The normalized spacial score (nSPS) is 13.8. The highest BCUT2D eigenvalue weighted by molar-refractivity contribution is 5.99. The van der Waals surface area contributed by atoms with Gasteiger partial charge in [0.2, 0.25) is 11.8 Å². The molecule has 30 heavy (non-hydrogen) atoms. The second-order valence-corrected chi connectivity index (χ2v) is 8.19. The Labute approximate surface area is 178 Å². The molecule has 2 aromatic carbocycles. The van der Waals surface area contributed by atoms with E-state index in [2.05, 4.69) is 10.6 Å². The Morgan fingerprint density at radius 2 is 1.73 bits per heavy atom. The van der Waals surface area contributed by atoms with Crippen LogP contribution in [0, 0.1) is 19.8 Å². The Hall–Kier alpha value is -2.95. The fourth-order valence-corrected chi connectivity index (χ4v) is 3.88. The zero-order valence-corrected chi connectivity index (χ0v) is 17.8. The number of amides is 2. The molecule has 0 saturated heterocycles. The molecule has 1 aliphatic rings. The maximum atomic E-state index is 12.4. The van der Waals surface area contributed by atoms with Crippen molar-refractivity contribution in [1.82, 2.24) is 5.32 Å². The Morgan fingerprint density at radius 1 is 0.967 bits per heavy atom. The van der Waals surface area contributed by atoms with Gasteiger partial charge in [-0.2, -0.15) is 0 Å². The molecule has 2 amide bonds. The Kier molecular flexibility index (Phi) is 7.39. The van der Waals surface area contributed by atoms with Crippen molar-refractivity contribution in [2.75, 3.05) is 5.32 Å². The first kappa shape index (κ1) is 21.8. The highest BCUT2D eigenvalue weighted by atomic mass is 16.2. The van der Waals surface area contributed by atoms with Gasteiger partial charge in [0.05, 0.1) is 0 Å². The molecular formula is C25H30N2O3. The predicted octanol–water partition coefficient (Wildman–Crippen LogP) is 4.71. The lowest BCUT2D eigenvalue weighted by atomic mass is 9.99. The molecule has 0 heterocycles. The molecule has 0 aromatic heterocycles. The number of rotatable bonds is 8. The minimum Gasteiger partial charge on any atom is -0.352 e. The van der Waals surface area contributed by atoms with E-state index in [1.54, 1.807) is 0 Å². The van der Waals surface area contributed by atoms with Crippen molar-refractivity contribution in [2.45, 2.75) is 58.9 Å². The summed E-state index contributed by atoms with van der Waals surface area (Å²) < 4.78 is 0. The minimum absolute atomic E-state index is 0.0111. The number of nitrogens with one attached hydrogen (secondary N) is 2. The smallest absolute Gasteiger partial charge is 0.227 e. The zero-order chi connectivity index (χ0) is 21.5. The predicted molar refractivity (Wildman–Crippen MR) is 118 cm³/mol. The van der Waals surface area contributed by atoms with E-state index < -0.39 is 0 Å². The SMILES string of the molecule is Cc1ccc(C)c(C(=O)CCC(=O)NCc2cccc(NC(=O)C3CCCC3)c2)c1. The number of hydrogen-bond donors (Lipinski definition) is 2. The average Bonchev–Trinajstić information content (AvgIpc) is 3.27. The van der Waals surface area contributed by atoms with E-state index in [1.165, 1.54) is 0 Å². The van der Waals surface area contributed by atoms with Crippen LogP contribution in [-0.2, 0) is 16.1 Å². The summed E-state index contributed by atoms with van der Waals surface area (Å²) in [4.78, 5) is 36.9. The van der Waals surface area contributed by atoms with E-state index in [0.29, 0.717) is 12.1 Å². The lowest BCUT2D eigenvalue weighted by molar-refractivity contribution is -0.121. The molecule has 5 nitrogen and oxygen atoms in total. The van der Waals surface area contributed by atoms with Crippen LogP contribution in [0.1, 0.15) is 65.6 Å². The fraction of sp³-hybridized carbons (Fsp3) is 0.400. The molecule has 0 radical (unpaired) electrons. The molecule has 0 bridgehead atoms. The van der Waals surface area contributed by atoms with E-state index in [9.17, 15) is 14.4 Å². The van der Waals surface area contributed by atoms with Gasteiger partial charge in [-0.25, -0.2) is 0 Å². The Bertz CT molecular complexity index is 930. The summed E-state index contributed by atoms with van der Waals surface area (Å²) in [6.45, 7) is 4.22. The van der Waals surface area contributed by atoms with Crippen LogP contribution in [0.2, 0.25) is 0 Å². The molecule has 2 aromatic rings. The summed E-state index contributed by atoms with van der Waals surface area (Å²) in [5, 5.41) is 5.85. The van der Waals surface area contributed by atoms with Crippen molar-refractivity contribution < 1.29 is 14.4 Å². The summed E-state index contributed by atoms with van der Waals surface area (Å²) in [6, 6.07) is 13.3. The van der Waals surface area contributed by atoms with Gasteiger partial charge in [-0.05, 0) is 56.0 Å². The number of hydrogen-bond acceptors (Lipinski definition) is 3. The summed E-state index contributed by atoms with van der Waals surface area (Å²) in [7, 11) is 0. The molecule has 0 spiro atoms. The lowest BCUT2D eigenvalue weighted by Crippen LogP contribution is -2.24. The second-order valence-electron chi connectivity index (χ2n) is 8.19. The van der Waals surface area contributed by atoms with Crippen LogP contribution >= 0.6 is 0 Å². The van der Waals surface area contributed by atoms with E-state index in [4.69, 9.17) is 0 Å². The van der Waals surface area contributed by atoms with E-state index in [0.717, 1.165) is 48.1 Å². The molecule has 0 unspecified atom stereocenters. The van der Waals surface area contributed by atoms with Gasteiger partial charge in [0.15, 0.2) is 5.78 Å². The van der Waals surface area contributed by atoms with E-state index in [-0.39, 0.29) is 36.4 Å². The van der Waals surface area contributed by atoms with Crippen molar-refractivity contribution in [3.05, 3.63) is 64.7 Å². The van der Waals surface area contributed by atoms with E-state index >= 15 is 0 Å². The number of Topliss-reactive ketones (excluding diaryl/α,β-unsaturated/α-hetero) is 1. The largest absolute Gasteiger partial charge is 0.352 e. The molecule has 0 atom stereocenters. The molecule has 1 aliphatic carbocycles. The summed E-state index contributed by atoms with van der Waals surface area (Å²) in [5.41, 5.74) is 4.32. The Morgan fingerprint density at radius 3 is 2.50 bits per heavy atom. The molecule has 0 aliphatic heterocycles. The van der Waals surface area contributed by atoms with Gasteiger partial charge in [-0.3, -0.25) is 14.4 Å². The molecule has 1 saturated carbocycles. The van der Waals surface area contributed by atoms with Gasteiger partial charge in [0.25, 0.3) is 0 Å². The number of carbonyl (C=O) groups is 3. The quantitative estimate of drug-likeness (QED) is 0.623. The molecule has 158 valence electrons. The van der Waals surface area contributed by atoms with Crippen molar-refractivity contribution in [2.24, 2.45) is 5.92 Å². The van der Waals surface area contributed by atoms with Gasteiger partial charge in [0, 0.05) is 36.6 Å². The number of aryl methyl sites for hydroxylation is 2. The van der Waals surface area contributed by atoms with Gasteiger partial charge < -0.3 is 10.6 Å². The van der Waals surface area contributed by atoms with E-state index in [1.807, 2.05) is 56.3 Å². The summed E-state index contributed by atoms with van der Waals surface area (Å²) in [5.74, 6) is 0.0265. The molecule has 1 fully saturated rings. The maximum Gasteiger partial charge on any atom is 0.227 e. The summed E-state index contributed by atoms with van der Waals surface area (Å²) >= 11 is 0. The van der Waals surface area contributed by atoms with Crippen LogP contribution in [0.3, 0.4) is 0 Å². The first-order valence-electron chi connectivity index (χ1n) is 10.7. The van der Waals surface area contributed by atoms with Crippen LogP contribution in [0.4, 0.5) is 5.69 Å². The molecule has 2 N–H and O–H groups in total. The van der Waals surface area contributed by atoms with Crippen LogP contribution in [0.15, 0.2) is 42.5 Å². The molecule has 5 heteroatoms. The van der Waals surface area contributed by atoms with Gasteiger partial charge in [-0.1, -0.05) is 42.7 Å². The second kappa shape index (κ2) is 10.2. The third-order valence-electron chi connectivity index (χ3n) is 5.68. The zero-order valence-electron chi connectivity index (χ0n) is 17.8. The first-order valence-corrected chi connectivity index (χ1v) is 10.7. The van der Waals surface area contributed by atoms with Gasteiger partial charge in [0.1, 0.15) is 0 Å². The summed E-state index contributed by atoms with van der Waals surface area (Å²) in [6.07, 6.45) is 4.51. The number of carbonyl (C=O) groups excluding carboxylic acids is 3. The standard InChI is InChI=1S/C25H30N2O3/c1-17-10-11-18(2)22(14-17)23(28)12-13-24(29)26-16-19-6-5-9-21(15-19)27-25(30)20-7-3-4-8-20/h5-6,9-11,14-15,20H,3-4,7-8,12-13,16H2,1-2H3,(H,26,29)(H,27,30). The average molecular weight is 407 g/mol. The third-order valence-corrected chi connectivity index (χ3v) is 5.68. The number of anilines is 1. The topological polar surface area (TPSA) is 75.3 Å². The fourth-order valence-electron chi connectivity index (χ4n) is 3.88. The number of ketones is 1. The van der Waals surface area contributed by atoms with Crippen LogP contribution < -0.4 is 10.6 Å². The molecular weight excluding hydrogens is 376 g/mol. The van der Waals surface area contributed by atoms with Gasteiger partial charge >= 0.3 is 0 Å². The minimum atomic E-state index is -0.158. The third kappa shape index (κ3) is 6.02. The number of benzene rings is 2. The first-order chi connectivity index (χ1) is 14.4. The van der Waals surface area contributed by atoms with Gasteiger partial charge in [-0.15, -0.1) is 0 Å². The van der Waals surface area contributed by atoms with Crippen molar-refractivity contribution in [1.29, 1.82) is 0 Å². The monoisotopic (exact) mass is 406 g/mol. The highest BCUT2D eigenvalue weighted by Gasteiger charge is 2.22. The van der Waals surface area contributed by atoms with Crippen LogP contribution in [0.5, 0.6) is 0 Å². The highest BCUT2D eigenvalue weighted by Crippen LogP contribution is 2.26. The van der Waals surface area contributed by atoms with Crippen molar-refractivity contribution in [3.63, 3.8) is 0 Å².